The Morgan fingerprint density at radius 1 is 1.33 bits per heavy atom. The lowest BCUT2D eigenvalue weighted by Crippen LogP contribution is -2.44. The van der Waals surface area contributed by atoms with Gasteiger partial charge in [0.05, 0.1) is 5.41 Å². The van der Waals surface area contributed by atoms with Crippen molar-refractivity contribution in [3.05, 3.63) is 48.7 Å². The predicted molar refractivity (Wildman–Crippen MR) is 87.7 cm³/mol. The smallest absolute Gasteiger partial charge is 0.236 e. The van der Waals surface area contributed by atoms with Gasteiger partial charge in [0.2, 0.25) is 5.91 Å². The van der Waals surface area contributed by atoms with Crippen molar-refractivity contribution in [1.82, 2.24) is 10.2 Å². The molecule has 2 fully saturated rings. The van der Waals surface area contributed by atoms with Crippen molar-refractivity contribution in [3.8, 4) is 0 Å². The second-order valence-corrected chi connectivity index (χ2v) is 5.74. The number of likely N-dealkylation sites (tertiary alicyclic amines) is 1. The Morgan fingerprint density at radius 3 is 2.62 bits per heavy atom. The fraction of sp³-hybridized carbons (Fsp3) is 0.500. The van der Waals surface area contributed by atoms with Gasteiger partial charge in [0.1, 0.15) is 0 Å². The molecule has 1 N–H and O–H groups in total. The van der Waals surface area contributed by atoms with Crippen LogP contribution in [-0.4, -0.2) is 29.9 Å². The normalized spacial score (nSPS) is 33.0. The molecule has 1 spiro atoms. The first-order valence-electron chi connectivity index (χ1n) is 7.87. The van der Waals surface area contributed by atoms with E-state index in [-0.39, 0.29) is 11.9 Å². The number of carbonyl (C=O) groups is 1. The van der Waals surface area contributed by atoms with Gasteiger partial charge in [0, 0.05) is 11.7 Å². The van der Waals surface area contributed by atoms with E-state index in [4.69, 9.17) is 0 Å². The highest BCUT2D eigenvalue weighted by atomic mass is 16.2. The molecule has 1 amide bonds. The van der Waals surface area contributed by atoms with Crippen LogP contribution in [0.15, 0.2) is 48.7 Å². The molecule has 2 aliphatic rings. The Hall–Kier alpha value is -1.61. The molecule has 2 unspecified atom stereocenters. The van der Waals surface area contributed by atoms with Crippen molar-refractivity contribution in [1.29, 1.82) is 0 Å². The molecule has 2 aliphatic heterocycles. The molecular formula is C18H26N2O. The van der Waals surface area contributed by atoms with E-state index in [2.05, 4.69) is 37.2 Å². The maximum Gasteiger partial charge on any atom is 0.236 e. The fourth-order valence-electron chi connectivity index (χ4n) is 3.88. The monoisotopic (exact) mass is 286 g/mol. The molecule has 114 valence electrons. The largest absolute Gasteiger partial charge is 0.325 e. The first-order valence-corrected chi connectivity index (χ1v) is 7.87. The average Bonchev–Trinajstić information content (AvgIpc) is 2.95. The van der Waals surface area contributed by atoms with Crippen molar-refractivity contribution in [3.63, 3.8) is 0 Å². The highest BCUT2D eigenvalue weighted by molar-refractivity contribution is 5.95. The Bertz CT molecular complexity index is 503. The minimum Gasteiger partial charge on any atom is -0.325 e. The zero-order valence-corrected chi connectivity index (χ0v) is 13.2. The van der Waals surface area contributed by atoms with Crippen molar-refractivity contribution >= 4 is 5.91 Å². The van der Waals surface area contributed by atoms with Crippen LogP contribution < -0.4 is 5.32 Å². The van der Waals surface area contributed by atoms with Crippen LogP contribution >= 0.6 is 0 Å². The van der Waals surface area contributed by atoms with Crippen molar-refractivity contribution in [2.24, 2.45) is 5.41 Å². The zero-order valence-electron chi connectivity index (χ0n) is 13.2. The van der Waals surface area contributed by atoms with Gasteiger partial charge in [-0.1, -0.05) is 51.7 Å². The standard InChI is InChI=1S/C18H26N2O/c1-5-9-14-15(10-6-2)19-17(21)18(14)12-13-20(8-4)16(18)11-7-3/h5-6,9-10,16H,1-2,7-8,11-13H2,3-4H3,(H,19,21)/b14-9?,15-10+. The van der Waals surface area contributed by atoms with Gasteiger partial charge in [-0.05, 0) is 37.6 Å². The van der Waals surface area contributed by atoms with Gasteiger partial charge < -0.3 is 5.32 Å². The second kappa shape index (κ2) is 6.44. The third-order valence-electron chi connectivity index (χ3n) is 4.76. The van der Waals surface area contributed by atoms with Gasteiger partial charge >= 0.3 is 0 Å². The maximum absolute atomic E-state index is 12.8. The number of carbonyl (C=O) groups excluding carboxylic acids is 1. The van der Waals surface area contributed by atoms with E-state index in [1.54, 1.807) is 12.2 Å². The van der Waals surface area contributed by atoms with Gasteiger partial charge in [-0.15, -0.1) is 0 Å². The highest BCUT2D eigenvalue weighted by Gasteiger charge is 2.58. The number of nitrogens with zero attached hydrogens (tertiary/aromatic N) is 1. The van der Waals surface area contributed by atoms with E-state index in [0.717, 1.165) is 43.6 Å². The molecule has 0 bridgehead atoms. The lowest BCUT2D eigenvalue weighted by molar-refractivity contribution is -0.127. The van der Waals surface area contributed by atoms with E-state index in [9.17, 15) is 4.79 Å². The lowest BCUT2D eigenvalue weighted by Gasteiger charge is -2.33. The van der Waals surface area contributed by atoms with Gasteiger partial charge in [-0.2, -0.15) is 0 Å². The Labute approximate surface area is 128 Å². The topological polar surface area (TPSA) is 32.3 Å². The Morgan fingerprint density at radius 2 is 2.05 bits per heavy atom. The summed E-state index contributed by atoms with van der Waals surface area (Å²) in [5.41, 5.74) is 1.54. The van der Waals surface area contributed by atoms with E-state index >= 15 is 0 Å². The predicted octanol–water partition coefficient (Wildman–Crippen LogP) is 3.18. The number of nitrogens with one attached hydrogen (secondary N) is 1. The fourth-order valence-corrected chi connectivity index (χ4v) is 3.88. The molecule has 3 heteroatoms. The SMILES string of the molecule is C=CC=C1/C(=C\C=C)NC(=O)C12CCN(CC)C2CCC. The van der Waals surface area contributed by atoms with Crippen LogP contribution in [0.3, 0.4) is 0 Å². The average molecular weight is 286 g/mol. The van der Waals surface area contributed by atoms with Crippen LogP contribution in [-0.2, 0) is 4.79 Å². The van der Waals surface area contributed by atoms with Crippen LogP contribution in [0.25, 0.3) is 0 Å². The third kappa shape index (κ3) is 2.40. The molecular weight excluding hydrogens is 260 g/mol. The molecule has 2 saturated heterocycles. The molecule has 2 heterocycles. The third-order valence-corrected chi connectivity index (χ3v) is 4.76. The summed E-state index contributed by atoms with van der Waals surface area (Å²) in [6, 6.07) is 0.273. The number of hydrogen-bond donors (Lipinski definition) is 1. The zero-order chi connectivity index (χ0) is 15.5. The summed E-state index contributed by atoms with van der Waals surface area (Å²) in [7, 11) is 0. The van der Waals surface area contributed by atoms with E-state index in [1.165, 1.54) is 0 Å². The molecule has 3 nitrogen and oxygen atoms in total. The molecule has 2 atom stereocenters. The van der Waals surface area contributed by atoms with Crippen LogP contribution in [0.4, 0.5) is 0 Å². The Balaban J connectivity index is 2.54. The van der Waals surface area contributed by atoms with Gasteiger partial charge in [0.25, 0.3) is 0 Å². The van der Waals surface area contributed by atoms with E-state index in [1.807, 2.05) is 12.2 Å². The van der Waals surface area contributed by atoms with Gasteiger partial charge in [-0.3, -0.25) is 9.69 Å². The summed E-state index contributed by atoms with van der Waals surface area (Å²) >= 11 is 0. The summed E-state index contributed by atoms with van der Waals surface area (Å²) in [5, 5.41) is 3.06. The van der Waals surface area contributed by atoms with E-state index < -0.39 is 5.41 Å². The number of allylic oxidation sites excluding steroid dienone is 5. The first-order chi connectivity index (χ1) is 10.1. The Kier molecular flexibility index (Phi) is 4.84. The summed E-state index contributed by atoms with van der Waals surface area (Å²) in [6.45, 7) is 13.9. The summed E-state index contributed by atoms with van der Waals surface area (Å²) < 4.78 is 0. The van der Waals surface area contributed by atoms with Crippen molar-refractivity contribution in [2.45, 2.75) is 39.2 Å². The quantitative estimate of drug-likeness (QED) is 0.842. The number of hydrogen-bond acceptors (Lipinski definition) is 2. The van der Waals surface area contributed by atoms with Gasteiger partial charge in [0.15, 0.2) is 0 Å². The number of amides is 1. The number of rotatable bonds is 5. The lowest BCUT2D eigenvalue weighted by atomic mass is 9.72. The van der Waals surface area contributed by atoms with Crippen LogP contribution in [0.5, 0.6) is 0 Å². The maximum atomic E-state index is 12.8. The summed E-state index contributed by atoms with van der Waals surface area (Å²) in [5.74, 6) is 0.137. The van der Waals surface area contributed by atoms with Crippen LogP contribution in [0.1, 0.15) is 33.1 Å². The minimum atomic E-state index is -0.422. The molecule has 0 aliphatic carbocycles. The first kappa shape index (κ1) is 15.8. The van der Waals surface area contributed by atoms with Crippen molar-refractivity contribution in [2.75, 3.05) is 13.1 Å². The second-order valence-electron chi connectivity index (χ2n) is 5.74. The molecule has 21 heavy (non-hydrogen) atoms. The molecule has 0 radical (unpaired) electrons. The molecule has 0 aromatic carbocycles. The van der Waals surface area contributed by atoms with E-state index in [0.29, 0.717) is 0 Å². The summed E-state index contributed by atoms with van der Waals surface area (Å²) in [4.78, 5) is 15.3. The van der Waals surface area contributed by atoms with Crippen LogP contribution in [0.2, 0.25) is 0 Å². The summed E-state index contributed by atoms with van der Waals surface area (Å²) in [6.07, 6.45) is 10.4. The molecule has 0 saturated carbocycles. The highest BCUT2D eigenvalue weighted by Crippen LogP contribution is 2.50. The molecule has 2 rings (SSSR count). The molecule has 0 aromatic heterocycles. The van der Waals surface area contributed by atoms with Gasteiger partial charge in [-0.25, -0.2) is 0 Å². The molecule has 0 aromatic rings. The van der Waals surface area contributed by atoms with Crippen molar-refractivity contribution < 1.29 is 4.79 Å². The van der Waals surface area contributed by atoms with Crippen LogP contribution in [0, 0.1) is 5.41 Å². The minimum absolute atomic E-state index is 0.137.